The van der Waals surface area contributed by atoms with Crippen molar-refractivity contribution < 1.29 is 29.2 Å². The Bertz CT molecular complexity index is 839. The third-order valence-electron chi connectivity index (χ3n) is 5.24. The monoisotopic (exact) mass is 436 g/mol. The van der Waals surface area contributed by atoms with Crippen LogP contribution in [0.4, 0.5) is 0 Å². The lowest BCUT2D eigenvalue weighted by Gasteiger charge is -2.33. The Morgan fingerprint density at radius 1 is 1.10 bits per heavy atom. The highest BCUT2D eigenvalue weighted by Gasteiger charge is 2.33. The third-order valence-corrected chi connectivity index (χ3v) is 5.66. The number of aliphatic hydroxyl groups excluding tert-OH is 2. The van der Waals surface area contributed by atoms with E-state index in [4.69, 9.17) is 30.5 Å². The summed E-state index contributed by atoms with van der Waals surface area (Å²) in [6.07, 6.45) is -0.0520. The van der Waals surface area contributed by atoms with Gasteiger partial charge in [0.15, 0.2) is 11.5 Å². The van der Waals surface area contributed by atoms with Crippen LogP contribution in [0.3, 0.4) is 0 Å². The zero-order valence-electron chi connectivity index (χ0n) is 17.6. The van der Waals surface area contributed by atoms with Crippen molar-refractivity contribution in [3.05, 3.63) is 52.0 Å². The molecule has 3 rings (SSSR count). The molecule has 3 unspecified atom stereocenters. The van der Waals surface area contributed by atoms with Crippen molar-refractivity contribution >= 4 is 11.6 Å². The summed E-state index contributed by atoms with van der Waals surface area (Å²) in [4.78, 5) is 0. The van der Waals surface area contributed by atoms with E-state index in [0.29, 0.717) is 42.4 Å². The first kappa shape index (κ1) is 22.7. The van der Waals surface area contributed by atoms with Crippen LogP contribution in [0.2, 0.25) is 5.02 Å². The highest BCUT2D eigenvalue weighted by atomic mass is 35.5. The molecule has 2 aromatic carbocycles. The topological polar surface area (TPSA) is 77.4 Å². The Labute approximate surface area is 182 Å². The van der Waals surface area contributed by atoms with Crippen molar-refractivity contribution in [3.8, 4) is 17.2 Å². The van der Waals surface area contributed by atoms with Gasteiger partial charge in [-0.2, -0.15) is 0 Å². The van der Waals surface area contributed by atoms with Gasteiger partial charge in [-0.25, -0.2) is 0 Å². The predicted octanol–water partition coefficient (Wildman–Crippen LogP) is 3.92. The molecule has 1 fully saturated rings. The van der Waals surface area contributed by atoms with E-state index in [1.165, 1.54) is 0 Å². The molecule has 2 N–H and O–H groups in total. The first-order chi connectivity index (χ1) is 14.5. The zero-order chi connectivity index (χ0) is 21.7. The van der Waals surface area contributed by atoms with Gasteiger partial charge in [0.25, 0.3) is 0 Å². The van der Waals surface area contributed by atoms with Crippen LogP contribution in [0.25, 0.3) is 0 Å². The van der Waals surface area contributed by atoms with Gasteiger partial charge in [0, 0.05) is 18.4 Å². The number of halogens is 1. The molecule has 0 bridgehead atoms. The van der Waals surface area contributed by atoms with Gasteiger partial charge in [-0.05, 0) is 42.7 Å². The molecule has 1 saturated heterocycles. The second kappa shape index (κ2) is 10.4. The number of ether oxygens (including phenoxy) is 4. The second-order valence-corrected chi connectivity index (χ2v) is 7.69. The molecule has 30 heavy (non-hydrogen) atoms. The van der Waals surface area contributed by atoms with Gasteiger partial charge in [-0.1, -0.05) is 23.7 Å². The molecule has 0 aromatic heterocycles. The summed E-state index contributed by atoms with van der Waals surface area (Å²) >= 11 is 6.66. The van der Waals surface area contributed by atoms with E-state index in [2.05, 4.69) is 0 Å². The molecule has 6 nitrogen and oxygen atoms in total. The first-order valence-corrected chi connectivity index (χ1v) is 10.5. The van der Waals surface area contributed by atoms with E-state index in [0.717, 1.165) is 22.4 Å². The Kier molecular flexibility index (Phi) is 7.83. The van der Waals surface area contributed by atoms with E-state index >= 15 is 0 Å². The quantitative estimate of drug-likeness (QED) is 0.653. The van der Waals surface area contributed by atoms with E-state index in [1.807, 2.05) is 37.3 Å². The van der Waals surface area contributed by atoms with Gasteiger partial charge >= 0.3 is 0 Å². The summed E-state index contributed by atoms with van der Waals surface area (Å²) in [5.74, 6) is 1.73. The summed E-state index contributed by atoms with van der Waals surface area (Å²) in [5, 5.41) is 20.3. The summed E-state index contributed by atoms with van der Waals surface area (Å²) in [6.45, 7) is 2.41. The van der Waals surface area contributed by atoms with Gasteiger partial charge in [-0.15, -0.1) is 0 Å². The number of benzene rings is 2. The van der Waals surface area contributed by atoms with Crippen LogP contribution >= 0.6 is 11.6 Å². The molecule has 3 atom stereocenters. The molecule has 0 aliphatic carbocycles. The predicted molar refractivity (Wildman–Crippen MR) is 115 cm³/mol. The fourth-order valence-corrected chi connectivity index (χ4v) is 4.14. The normalized spacial score (nSPS) is 21.3. The van der Waals surface area contributed by atoms with Crippen molar-refractivity contribution in [2.45, 2.75) is 44.5 Å². The van der Waals surface area contributed by atoms with Gasteiger partial charge in [0.05, 0.1) is 50.8 Å². The Hall–Kier alpha value is -1.99. The second-order valence-electron chi connectivity index (χ2n) is 7.31. The van der Waals surface area contributed by atoms with Gasteiger partial charge in [-0.3, -0.25) is 0 Å². The Morgan fingerprint density at radius 2 is 1.80 bits per heavy atom. The molecular formula is C23H29ClO6. The van der Waals surface area contributed by atoms with Crippen molar-refractivity contribution in [2.24, 2.45) is 0 Å². The molecular weight excluding hydrogens is 408 g/mol. The molecule has 164 valence electrons. The van der Waals surface area contributed by atoms with E-state index in [1.54, 1.807) is 14.2 Å². The van der Waals surface area contributed by atoms with Crippen molar-refractivity contribution in [1.82, 2.24) is 0 Å². The molecule has 1 heterocycles. The Balaban J connectivity index is 1.98. The average molecular weight is 437 g/mol. The minimum atomic E-state index is -0.568. The van der Waals surface area contributed by atoms with Gasteiger partial charge in [0.1, 0.15) is 5.75 Å². The largest absolute Gasteiger partial charge is 0.494 e. The van der Waals surface area contributed by atoms with Crippen molar-refractivity contribution in [3.63, 3.8) is 0 Å². The minimum absolute atomic E-state index is 0.153. The van der Waals surface area contributed by atoms with Crippen molar-refractivity contribution in [2.75, 3.05) is 27.4 Å². The highest BCUT2D eigenvalue weighted by Crippen LogP contribution is 2.46. The molecule has 7 heteroatoms. The lowest BCUT2D eigenvalue weighted by Crippen LogP contribution is -2.33. The fraction of sp³-hybridized carbons (Fsp3) is 0.478. The van der Waals surface area contributed by atoms with Crippen LogP contribution in [-0.4, -0.2) is 49.9 Å². The molecule has 0 amide bonds. The summed E-state index contributed by atoms with van der Waals surface area (Å²) in [6, 6.07) is 9.81. The van der Waals surface area contributed by atoms with E-state index in [-0.39, 0.29) is 6.61 Å². The van der Waals surface area contributed by atoms with Crippen LogP contribution in [0, 0.1) is 0 Å². The van der Waals surface area contributed by atoms with E-state index < -0.39 is 18.3 Å². The number of hydrogen-bond acceptors (Lipinski definition) is 6. The average Bonchev–Trinajstić information content (AvgIpc) is 2.75. The summed E-state index contributed by atoms with van der Waals surface area (Å²) in [5.41, 5.74) is 2.67. The number of methoxy groups -OCH3 is 2. The maximum Gasteiger partial charge on any atom is 0.180 e. The standard InChI is InChI=1S/C23H29ClO6/c1-4-29-17-7-5-14(6-8-17)9-15-10-19(22(27-2)23(28-3)21(15)24)20-12-16(26)11-18(13-25)30-20/h5-8,10,16,18,20,25-26H,4,9,11-13H2,1-3H3. The van der Waals surface area contributed by atoms with Crippen LogP contribution < -0.4 is 14.2 Å². The minimum Gasteiger partial charge on any atom is -0.494 e. The lowest BCUT2D eigenvalue weighted by atomic mass is 9.92. The summed E-state index contributed by atoms with van der Waals surface area (Å²) in [7, 11) is 3.09. The third kappa shape index (κ3) is 5.01. The van der Waals surface area contributed by atoms with E-state index in [9.17, 15) is 10.2 Å². The number of aliphatic hydroxyl groups is 2. The van der Waals surface area contributed by atoms with Crippen LogP contribution in [0.5, 0.6) is 17.2 Å². The molecule has 1 aliphatic rings. The fourth-order valence-electron chi connectivity index (χ4n) is 3.85. The lowest BCUT2D eigenvalue weighted by molar-refractivity contribution is -0.114. The maximum absolute atomic E-state index is 10.3. The molecule has 1 aliphatic heterocycles. The molecule has 2 aromatic rings. The van der Waals surface area contributed by atoms with Gasteiger partial charge in [0.2, 0.25) is 0 Å². The molecule has 0 radical (unpaired) electrons. The van der Waals surface area contributed by atoms with Crippen LogP contribution in [0.15, 0.2) is 30.3 Å². The first-order valence-electron chi connectivity index (χ1n) is 10.1. The smallest absolute Gasteiger partial charge is 0.180 e. The maximum atomic E-state index is 10.3. The highest BCUT2D eigenvalue weighted by molar-refractivity contribution is 6.33. The molecule has 0 saturated carbocycles. The van der Waals surface area contributed by atoms with Gasteiger partial charge < -0.3 is 29.2 Å². The molecule has 0 spiro atoms. The number of hydrogen-bond donors (Lipinski definition) is 2. The van der Waals surface area contributed by atoms with Crippen LogP contribution in [-0.2, 0) is 11.2 Å². The van der Waals surface area contributed by atoms with Crippen LogP contribution in [0.1, 0.15) is 42.6 Å². The SMILES string of the molecule is CCOc1ccc(Cc2cc(C3CC(O)CC(CO)O3)c(OC)c(OC)c2Cl)cc1. The number of rotatable bonds is 8. The zero-order valence-corrected chi connectivity index (χ0v) is 18.3. The Morgan fingerprint density at radius 3 is 2.40 bits per heavy atom. The van der Waals surface area contributed by atoms with Crippen molar-refractivity contribution in [1.29, 1.82) is 0 Å². The summed E-state index contributed by atoms with van der Waals surface area (Å²) < 4.78 is 22.7.